The van der Waals surface area contributed by atoms with Crippen molar-refractivity contribution >= 4 is 0 Å². The van der Waals surface area contributed by atoms with Crippen molar-refractivity contribution in [3.8, 4) is 33.8 Å². The summed E-state index contributed by atoms with van der Waals surface area (Å²) in [6.45, 7) is 2.06. The number of aryl methyl sites for hydroxylation is 7. The molecule has 0 bridgehead atoms. The summed E-state index contributed by atoms with van der Waals surface area (Å²) in [5.74, 6) is -0.614. The van der Waals surface area contributed by atoms with Gasteiger partial charge in [-0.2, -0.15) is 0 Å². The second-order valence-corrected chi connectivity index (χ2v) is 12.9. The second kappa shape index (κ2) is 17.4. The quantitative estimate of drug-likeness (QED) is 0.115. The van der Waals surface area contributed by atoms with E-state index < -0.39 is 0 Å². The van der Waals surface area contributed by atoms with Crippen LogP contribution in [0.3, 0.4) is 0 Å². The van der Waals surface area contributed by atoms with E-state index in [-0.39, 0.29) is 31.7 Å². The van der Waals surface area contributed by atoms with E-state index in [2.05, 4.69) is 89.7 Å². The van der Waals surface area contributed by atoms with Crippen LogP contribution in [0.15, 0.2) is 128 Å². The van der Waals surface area contributed by atoms with E-state index in [1.54, 1.807) is 12.1 Å². The molecule has 3 aromatic heterocycles. The number of aromatic nitrogens is 3. The summed E-state index contributed by atoms with van der Waals surface area (Å²) < 4.78 is 26.7. The number of nitrogens with zero attached hydrogens (tertiary/aromatic N) is 3. The number of hydrogen-bond donors (Lipinski definition) is 0. The van der Waals surface area contributed by atoms with Crippen LogP contribution in [0.25, 0.3) is 33.8 Å². The molecular weight excluding hydrogens is 825 g/mol. The number of rotatable bonds is 12. The fourth-order valence-electron chi connectivity index (χ4n) is 6.13. The molecule has 3 heterocycles. The maximum absolute atomic E-state index is 13.4. The fourth-order valence-corrected chi connectivity index (χ4v) is 6.13. The van der Waals surface area contributed by atoms with Crippen molar-refractivity contribution < 1.29 is 28.9 Å². The number of benzene rings is 4. The molecule has 3 nitrogen and oxygen atoms in total. The maximum Gasteiger partial charge on any atom is 3.00 e. The second-order valence-electron chi connectivity index (χ2n) is 12.9. The average molecular weight is 861 g/mol. The average Bonchev–Trinajstić information content (AvgIpc) is 3.17. The normalized spacial score (nSPS) is 10.9. The Morgan fingerprint density at radius 2 is 0.769 bits per heavy atom. The van der Waals surface area contributed by atoms with Gasteiger partial charge in [0.2, 0.25) is 0 Å². The Labute approximate surface area is 318 Å². The first kappa shape index (κ1) is 36.6. The summed E-state index contributed by atoms with van der Waals surface area (Å²) in [5.41, 5.74) is 13.6. The van der Waals surface area contributed by atoms with Crippen LogP contribution in [0.2, 0.25) is 0 Å². The predicted molar refractivity (Wildman–Crippen MR) is 199 cm³/mol. The first-order chi connectivity index (χ1) is 24.9. The van der Waals surface area contributed by atoms with Crippen LogP contribution in [0, 0.1) is 36.8 Å². The monoisotopic (exact) mass is 861 g/mol. The Hall–Kier alpha value is -5.16. The zero-order valence-electron chi connectivity index (χ0n) is 28.8. The van der Waals surface area contributed by atoms with Gasteiger partial charge in [0.1, 0.15) is 0 Å². The van der Waals surface area contributed by atoms with E-state index >= 15 is 0 Å². The number of hydrogen-bond acceptors (Lipinski definition) is 3. The Morgan fingerprint density at radius 1 is 0.423 bits per heavy atom. The topological polar surface area (TPSA) is 38.7 Å². The molecular formula is C46H36F2IrN3. The first-order valence-corrected chi connectivity index (χ1v) is 17.2. The van der Waals surface area contributed by atoms with Crippen LogP contribution in [0.5, 0.6) is 0 Å². The zero-order chi connectivity index (χ0) is 35.0. The minimum Gasteiger partial charge on any atom is -0.304 e. The summed E-state index contributed by atoms with van der Waals surface area (Å²) in [7, 11) is 0. The third-order valence-electron chi connectivity index (χ3n) is 9.04. The molecule has 6 heteroatoms. The molecule has 0 atom stereocenters. The van der Waals surface area contributed by atoms with Gasteiger partial charge in [-0.3, -0.25) is 8.78 Å². The molecule has 7 aromatic rings. The molecule has 0 amide bonds. The smallest absolute Gasteiger partial charge is 0.304 e. The van der Waals surface area contributed by atoms with E-state index in [0.29, 0.717) is 0 Å². The van der Waals surface area contributed by atoms with Gasteiger partial charge in [0.05, 0.1) is 0 Å². The van der Waals surface area contributed by atoms with Crippen molar-refractivity contribution in [2.24, 2.45) is 0 Å². The minimum absolute atomic E-state index is 0. The number of pyridine rings is 3. The van der Waals surface area contributed by atoms with Crippen molar-refractivity contribution in [1.29, 1.82) is 0 Å². The van der Waals surface area contributed by atoms with Crippen molar-refractivity contribution in [3.05, 3.63) is 197 Å². The molecule has 0 spiro atoms. The van der Waals surface area contributed by atoms with Gasteiger partial charge in [0.25, 0.3) is 0 Å². The summed E-state index contributed by atoms with van der Waals surface area (Å²) >= 11 is 0. The van der Waals surface area contributed by atoms with E-state index in [0.717, 1.165) is 83.4 Å². The van der Waals surface area contributed by atoms with Crippen molar-refractivity contribution in [1.82, 2.24) is 15.0 Å². The van der Waals surface area contributed by atoms with E-state index in [4.69, 9.17) is 4.98 Å². The van der Waals surface area contributed by atoms with Gasteiger partial charge in [-0.25, -0.2) is 0 Å². The molecule has 0 N–H and O–H groups in total. The van der Waals surface area contributed by atoms with Crippen LogP contribution >= 0.6 is 0 Å². The van der Waals surface area contributed by atoms with Crippen LogP contribution < -0.4 is 0 Å². The van der Waals surface area contributed by atoms with Crippen molar-refractivity contribution in [3.63, 3.8) is 0 Å². The van der Waals surface area contributed by atoms with Gasteiger partial charge in [-0.15, -0.1) is 95.1 Å². The summed E-state index contributed by atoms with van der Waals surface area (Å²) in [6.07, 6.45) is 11.1. The van der Waals surface area contributed by atoms with Gasteiger partial charge in [0.15, 0.2) is 0 Å². The molecule has 4 aromatic carbocycles. The molecule has 0 radical (unpaired) electrons. The molecule has 7 rings (SSSR count). The third kappa shape index (κ3) is 9.79. The SMILES string of the molecule is Cc1c[c-]c(-c2ccc(CCc3cc(CCc4ccc(-c5[c-]cc(F)cc5)nc4)cc(CCc4ccc(-c5[c-]cc(F)cc5)nc4)c3)cn2)cc1.[Ir+3]. The van der Waals surface area contributed by atoms with Crippen LogP contribution in [0.4, 0.5) is 8.78 Å². The van der Waals surface area contributed by atoms with Crippen LogP contribution in [-0.4, -0.2) is 15.0 Å². The molecule has 52 heavy (non-hydrogen) atoms. The zero-order valence-corrected chi connectivity index (χ0v) is 31.2. The molecule has 0 fully saturated rings. The fraction of sp³-hybridized carbons (Fsp3) is 0.152. The predicted octanol–water partition coefficient (Wildman–Crippen LogP) is 10.2. The van der Waals surface area contributed by atoms with Gasteiger partial charge >= 0.3 is 20.1 Å². The Balaban J connectivity index is 0.00000464. The van der Waals surface area contributed by atoms with Gasteiger partial charge < -0.3 is 15.0 Å². The molecule has 0 unspecified atom stereocenters. The molecule has 0 saturated heterocycles. The van der Waals surface area contributed by atoms with Gasteiger partial charge in [0, 0.05) is 30.2 Å². The summed E-state index contributed by atoms with van der Waals surface area (Å²) in [5, 5.41) is 0. The maximum atomic E-state index is 13.4. The molecule has 0 aliphatic carbocycles. The summed E-state index contributed by atoms with van der Waals surface area (Å²) in [4.78, 5) is 14.0. The summed E-state index contributed by atoms with van der Waals surface area (Å²) in [6, 6.07) is 43.7. The standard InChI is InChI=1S/C46H36F2N3.Ir/c1-32-2-13-39(14-3-32)44-23-10-33(29-49-44)4-7-36-26-37(8-5-34-11-24-45(50-30-34)40-15-19-42(47)20-16-40)28-38(27-36)9-6-35-12-25-46(51-31-35)41-17-21-43(48)22-18-41;/h2-3,10-13,15,17,19-31H,4-9H2,1H3;/q-3;+3. The van der Waals surface area contributed by atoms with Crippen molar-refractivity contribution in [2.45, 2.75) is 45.4 Å². The van der Waals surface area contributed by atoms with E-state index in [1.165, 1.54) is 52.1 Å². The van der Waals surface area contributed by atoms with Gasteiger partial charge in [-0.05, 0) is 89.0 Å². The molecule has 0 saturated carbocycles. The first-order valence-electron chi connectivity index (χ1n) is 17.2. The van der Waals surface area contributed by atoms with Crippen LogP contribution in [0.1, 0.15) is 38.9 Å². The molecule has 0 aliphatic rings. The van der Waals surface area contributed by atoms with Crippen molar-refractivity contribution in [2.75, 3.05) is 0 Å². The molecule has 258 valence electrons. The van der Waals surface area contributed by atoms with Gasteiger partial charge in [-0.1, -0.05) is 61.5 Å². The Kier molecular flexibility index (Phi) is 12.2. The third-order valence-corrected chi connectivity index (χ3v) is 9.04. The minimum atomic E-state index is -0.307. The number of halogens is 2. The van der Waals surface area contributed by atoms with Crippen LogP contribution in [-0.2, 0) is 58.6 Å². The van der Waals surface area contributed by atoms with E-state index in [1.807, 2.05) is 36.8 Å². The molecule has 0 aliphatic heterocycles. The Bertz CT molecular complexity index is 1920. The Morgan fingerprint density at radius 3 is 1.06 bits per heavy atom. The van der Waals surface area contributed by atoms with E-state index in [9.17, 15) is 8.78 Å². The largest absolute Gasteiger partial charge is 3.00 e.